The van der Waals surface area contributed by atoms with Crippen molar-refractivity contribution in [2.75, 3.05) is 0 Å². The van der Waals surface area contributed by atoms with Crippen molar-refractivity contribution in [3.05, 3.63) is 96.6 Å². The average Bonchev–Trinajstić information content (AvgIpc) is 2.68. The molecule has 0 aliphatic heterocycles. The van der Waals surface area contributed by atoms with E-state index >= 15 is 0 Å². The Hall–Kier alpha value is -1.97. The first-order valence-corrected chi connectivity index (χ1v) is 10.3. The summed E-state index contributed by atoms with van der Waals surface area (Å²) in [6.07, 6.45) is 1.35. The van der Waals surface area contributed by atoms with Crippen molar-refractivity contribution < 1.29 is 4.79 Å². The van der Waals surface area contributed by atoms with Crippen LogP contribution in [0.1, 0.15) is 25.3 Å². The van der Waals surface area contributed by atoms with Crippen molar-refractivity contribution in [2.45, 2.75) is 33.6 Å². The SMILES string of the molecule is CC(=O)CCC(Sc1ccccc1)(Sc1ccccc1)c1ccccc1. The maximum atomic E-state index is 11.8. The zero-order valence-corrected chi connectivity index (χ0v) is 16.4. The third-order valence-electron chi connectivity index (χ3n) is 4.07. The van der Waals surface area contributed by atoms with Gasteiger partial charge in [0.05, 0.1) is 4.08 Å². The summed E-state index contributed by atoms with van der Waals surface area (Å²) in [6.45, 7) is 1.68. The van der Waals surface area contributed by atoms with Crippen molar-refractivity contribution in [1.82, 2.24) is 0 Å². The summed E-state index contributed by atoms with van der Waals surface area (Å²) in [5.74, 6) is 0.229. The van der Waals surface area contributed by atoms with Crippen molar-refractivity contribution in [3.63, 3.8) is 0 Å². The van der Waals surface area contributed by atoms with Crippen LogP contribution in [0.15, 0.2) is 101 Å². The van der Waals surface area contributed by atoms with Gasteiger partial charge in [-0.2, -0.15) is 0 Å². The third kappa shape index (κ3) is 5.03. The van der Waals surface area contributed by atoms with Crippen LogP contribution in [0.4, 0.5) is 0 Å². The molecule has 1 nitrogen and oxygen atoms in total. The van der Waals surface area contributed by atoms with Gasteiger partial charge in [-0.25, -0.2) is 0 Å². The van der Waals surface area contributed by atoms with Gasteiger partial charge in [-0.1, -0.05) is 66.7 Å². The average molecular weight is 379 g/mol. The van der Waals surface area contributed by atoms with Gasteiger partial charge in [0.1, 0.15) is 5.78 Å². The van der Waals surface area contributed by atoms with Crippen LogP contribution < -0.4 is 0 Å². The Kier molecular flexibility index (Phi) is 6.59. The molecular weight excluding hydrogens is 356 g/mol. The molecule has 0 bridgehead atoms. The van der Waals surface area contributed by atoms with Gasteiger partial charge < -0.3 is 4.79 Å². The van der Waals surface area contributed by atoms with E-state index in [1.165, 1.54) is 15.4 Å². The first-order chi connectivity index (χ1) is 12.7. The topological polar surface area (TPSA) is 17.1 Å². The lowest BCUT2D eigenvalue weighted by atomic mass is 10.1. The fraction of sp³-hybridized carbons (Fsp3) is 0.174. The minimum atomic E-state index is -0.254. The molecule has 0 saturated carbocycles. The zero-order valence-electron chi connectivity index (χ0n) is 14.8. The molecule has 0 unspecified atom stereocenters. The minimum absolute atomic E-state index is 0.229. The molecule has 0 heterocycles. The van der Waals surface area contributed by atoms with Gasteiger partial charge in [-0.15, -0.1) is 23.5 Å². The van der Waals surface area contributed by atoms with Crippen molar-refractivity contribution >= 4 is 29.3 Å². The number of Topliss-reactive ketones (excluding diaryl/α,β-unsaturated/α-hetero) is 1. The number of thioether (sulfide) groups is 2. The molecule has 0 aromatic heterocycles. The summed E-state index contributed by atoms with van der Waals surface area (Å²) in [7, 11) is 0. The number of ketones is 1. The molecule has 0 amide bonds. The molecule has 0 aliphatic carbocycles. The Morgan fingerprint density at radius 1 is 0.731 bits per heavy atom. The fourth-order valence-electron chi connectivity index (χ4n) is 2.78. The third-order valence-corrected chi connectivity index (χ3v) is 7.13. The standard InChI is InChI=1S/C23H22OS2/c1-19(24)17-18-23(20-11-5-2-6-12-20,25-21-13-7-3-8-14-21)26-22-15-9-4-10-16-22/h2-16H,17-18H2,1H3. The van der Waals surface area contributed by atoms with E-state index in [0.29, 0.717) is 6.42 Å². The summed E-state index contributed by atoms with van der Waals surface area (Å²) in [5, 5.41) is 0. The summed E-state index contributed by atoms with van der Waals surface area (Å²) < 4.78 is -0.254. The van der Waals surface area contributed by atoms with E-state index < -0.39 is 0 Å². The lowest BCUT2D eigenvalue weighted by Gasteiger charge is -2.33. The monoisotopic (exact) mass is 378 g/mol. The van der Waals surface area contributed by atoms with Crippen LogP contribution >= 0.6 is 23.5 Å². The first-order valence-electron chi connectivity index (χ1n) is 8.71. The predicted octanol–water partition coefficient (Wildman–Crippen LogP) is 6.79. The largest absolute Gasteiger partial charge is 0.300 e. The molecule has 0 radical (unpaired) electrons. The van der Waals surface area contributed by atoms with Gasteiger partial charge in [0, 0.05) is 16.2 Å². The van der Waals surface area contributed by atoms with Crippen LogP contribution in [0.25, 0.3) is 0 Å². The van der Waals surface area contributed by atoms with Crippen LogP contribution in [0.5, 0.6) is 0 Å². The van der Waals surface area contributed by atoms with Crippen LogP contribution in [-0.2, 0) is 8.87 Å². The molecule has 0 fully saturated rings. The Morgan fingerprint density at radius 2 is 1.15 bits per heavy atom. The second kappa shape index (κ2) is 9.11. The lowest BCUT2D eigenvalue weighted by Crippen LogP contribution is -2.19. The molecule has 0 N–H and O–H groups in total. The highest BCUT2D eigenvalue weighted by molar-refractivity contribution is 8.17. The molecule has 3 aromatic rings. The van der Waals surface area contributed by atoms with E-state index in [1.807, 2.05) is 41.7 Å². The van der Waals surface area contributed by atoms with Gasteiger partial charge in [0.25, 0.3) is 0 Å². The van der Waals surface area contributed by atoms with Gasteiger partial charge in [-0.05, 0) is 43.2 Å². The van der Waals surface area contributed by atoms with Crippen LogP contribution in [0.3, 0.4) is 0 Å². The number of hydrogen-bond donors (Lipinski definition) is 0. The van der Waals surface area contributed by atoms with E-state index in [2.05, 4.69) is 72.8 Å². The quantitative estimate of drug-likeness (QED) is 0.317. The number of benzene rings is 3. The maximum Gasteiger partial charge on any atom is 0.129 e. The zero-order chi connectivity index (χ0) is 18.2. The van der Waals surface area contributed by atoms with E-state index in [-0.39, 0.29) is 9.86 Å². The molecule has 0 saturated heterocycles. The van der Waals surface area contributed by atoms with E-state index in [4.69, 9.17) is 0 Å². The Bertz CT molecular complexity index is 775. The van der Waals surface area contributed by atoms with Gasteiger partial charge in [0.15, 0.2) is 0 Å². The van der Waals surface area contributed by atoms with Gasteiger partial charge in [-0.3, -0.25) is 0 Å². The van der Waals surface area contributed by atoms with Crippen LogP contribution in [0, 0.1) is 0 Å². The number of hydrogen-bond acceptors (Lipinski definition) is 3. The normalized spacial score (nSPS) is 11.3. The van der Waals surface area contributed by atoms with E-state index in [0.717, 1.165) is 6.42 Å². The number of rotatable bonds is 8. The Labute approximate surface area is 164 Å². The van der Waals surface area contributed by atoms with Gasteiger partial charge >= 0.3 is 0 Å². The van der Waals surface area contributed by atoms with Crippen molar-refractivity contribution in [1.29, 1.82) is 0 Å². The highest BCUT2D eigenvalue weighted by atomic mass is 32.2. The van der Waals surface area contributed by atoms with E-state index in [9.17, 15) is 4.79 Å². The molecule has 3 aromatic carbocycles. The Balaban J connectivity index is 2.04. The summed E-state index contributed by atoms with van der Waals surface area (Å²) in [6, 6.07) is 31.4. The highest BCUT2D eigenvalue weighted by Crippen LogP contribution is 2.55. The Morgan fingerprint density at radius 3 is 1.58 bits per heavy atom. The number of carbonyl (C=O) groups is 1. The molecule has 0 atom stereocenters. The van der Waals surface area contributed by atoms with Crippen LogP contribution in [-0.4, -0.2) is 5.78 Å². The summed E-state index contributed by atoms with van der Waals surface area (Å²) in [4.78, 5) is 14.2. The molecule has 3 heteroatoms. The first kappa shape index (κ1) is 18.8. The van der Waals surface area contributed by atoms with Crippen molar-refractivity contribution in [2.24, 2.45) is 0 Å². The summed E-state index contributed by atoms with van der Waals surface area (Å²) in [5.41, 5.74) is 1.24. The van der Waals surface area contributed by atoms with Crippen LogP contribution in [0.2, 0.25) is 0 Å². The van der Waals surface area contributed by atoms with Gasteiger partial charge in [0.2, 0.25) is 0 Å². The second-order valence-corrected chi connectivity index (χ2v) is 9.15. The smallest absolute Gasteiger partial charge is 0.129 e. The maximum absolute atomic E-state index is 11.8. The molecule has 3 rings (SSSR count). The molecule has 26 heavy (non-hydrogen) atoms. The molecule has 0 spiro atoms. The highest BCUT2D eigenvalue weighted by Gasteiger charge is 2.35. The molecular formula is C23H22OS2. The van der Waals surface area contributed by atoms with Crippen molar-refractivity contribution in [3.8, 4) is 0 Å². The molecule has 132 valence electrons. The molecule has 0 aliphatic rings. The van der Waals surface area contributed by atoms with E-state index in [1.54, 1.807) is 6.92 Å². The second-order valence-electron chi connectivity index (χ2n) is 6.15. The fourth-order valence-corrected chi connectivity index (χ4v) is 5.78. The summed E-state index contributed by atoms with van der Waals surface area (Å²) >= 11 is 3.67. The predicted molar refractivity (Wildman–Crippen MR) is 113 cm³/mol. The minimum Gasteiger partial charge on any atom is -0.300 e. The lowest BCUT2D eigenvalue weighted by molar-refractivity contribution is -0.117. The number of carbonyl (C=O) groups excluding carboxylic acids is 1.